The first-order valence-electron chi connectivity index (χ1n) is 6.35. The van der Waals surface area contributed by atoms with Crippen molar-refractivity contribution >= 4 is 17.2 Å². The number of hydrogen-bond acceptors (Lipinski definition) is 3. The number of aryl methyl sites for hydroxylation is 1. The number of nitrogens with zero attached hydrogens (tertiary/aromatic N) is 1. The number of fused-ring (bicyclic) bond motifs is 2. The third-order valence-corrected chi connectivity index (χ3v) is 4.83. The monoisotopic (exact) mass is 250 g/mol. The van der Waals surface area contributed by atoms with Crippen molar-refractivity contribution in [2.24, 2.45) is 0 Å². The van der Waals surface area contributed by atoms with Crippen molar-refractivity contribution in [2.75, 3.05) is 13.1 Å². The molecule has 1 aromatic heterocycles. The number of hydrogen-bond donors (Lipinski definition) is 1. The normalized spacial score (nSPS) is 28.2. The van der Waals surface area contributed by atoms with Gasteiger partial charge in [0.15, 0.2) is 0 Å². The van der Waals surface area contributed by atoms with Crippen LogP contribution in [0.15, 0.2) is 12.1 Å². The Bertz CT molecular complexity index is 415. The van der Waals surface area contributed by atoms with Gasteiger partial charge in [0.2, 0.25) is 0 Å². The first-order chi connectivity index (χ1) is 8.25. The molecular formula is C13H18N2OS. The van der Waals surface area contributed by atoms with Gasteiger partial charge in [0.05, 0.1) is 4.88 Å². The zero-order valence-corrected chi connectivity index (χ0v) is 10.9. The molecule has 2 atom stereocenters. The average Bonchev–Trinajstić information content (AvgIpc) is 2.81. The molecule has 3 rings (SSSR count). The van der Waals surface area contributed by atoms with Crippen molar-refractivity contribution in [3.05, 3.63) is 21.9 Å². The zero-order chi connectivity index (χ0) is 11.8. The summed E-state index contributed by atoms with van der Waals surface area (Å²) in [5, 5.41) is 3.43. The van der Waals surface area contributed by atoms with Gasteiger partial charge in [-0.1, -0.05) is 0 Å². The van der Waals surface area contributed by atoms with Crippen molar-refractivity contribution in [3.63, 3.8) is 0 Å². The number of thiophene rings is 1. The van der Waals surface area contributed by atoms with Crippen LogP contribution in [0, 0.1) is 6.92 Å². The van der Waals surface area contributed by atoms with Gasteiger partial charge in [-0.3, -0.25) is 4.79 Å². The molecule has 0 aliphatic carbocycles. The third-order valence-electron chi connectivity index (χ3n) is 3.84. The fraction of sp³-hybridized carbons (Fsp3) is 0.615. The predicted octanol–water partition coefficient (Wildman–Crippen LogP) is 2.02. The van der Waals surface area contributed by atoms with Crippen LogP contribution in [0.4, 0.5) is 0 Å². The number of carbonyl (C=O) groups is 1. The van der Waals surface area contributed by atoms with Crippen LogP contribution in [-0.2, 0) is 0 Å². The van der Waals surface area contributed by atoms with Crippen LogP contribution >= 0.6 is 11.3 Å². The van der Waals surface area contributed by atoms with Gasteiger partial charge in [-0.05, 0) is 44.9 Å². The Balaban J connectivity index is 1.85. The van der Waals surface area contributed by atoms with Crippen LogP contribution in [0.3, 0.4) is 0 Å². The summed E-state index contributed by atoms with van der Waals surface area (Å²) in [4.78, 5) is 16.8. The molecule has 0 spiro atoms. The van der Waals surface area contributed by atoms with E-state index in [1.165, 1.54) is 11.3 Å². The molecule has 2 fully saturated rings. The standard InChI is InChI=1S/C13H18N2OS/c1-9-2-5-12(17-9)13(16)15-10-3-4-11(15)8-14-7-6-10/h2,5,10-11,14H,3-4,6-8H2,1H3. The van der Waals surface area contributed by atoms with Gasteiger partial charge < -0.3 is 10.2 Å². The molecule has 3 nitrogen and oxygen atoms in total. The van der Waals surface area contributed by atoms with Crippen molar-refractivity contribution in [1.29, 1.82) is 0 Å². The van der Waals surface area contributed by atoms with Gasteiger partial charge in [-0.25, -0.2) is 0 Å². The van der Waals surface area contributed by atoms with E-state index in [1.54, 1.807) is 11.3 Å². The van der Waals surface area contributed by atoms with Crippen molar-refractivity contribution < 1.29 is 4.79 Å². The van der Waals surface area contributed by atoms with E-state index >= 15 is 0 Å². The summed E-state index contributed by atoms with van der Waals surface area (Å²) in [5.74, 6) is 0.249. The van der Waals surface area contributed by atoms with Crippen molar-refractivity contribution in [2.45, 2.75) is 38.3 Å². The first kappa shape index (κ1) is 11.2. The van der Waals surface area contributed by atoms with E-state index in [9.17, 15) is 4.79 Å². The summed E-state index contributed by atoms with van der Waals surface area (Å²) in [5.41, 5.74) is 0. The third kappa shape index (κ3) is 2.00. The van der Waals surface area contributed by atoms with Crippen LogP contribution in [0.25, 0.3) is 0 Å². The SMILES string of the molecule is Cc1ccc(C(=O)N2C3CCNCC2CC3)s1. The second kappa shape index (κ2) is 4.42. The van der Waals surface area contributed by atoms with E-state index in [1.807, 2.05) is 12.1 Å². The highest BCUT2D eigenvalue weighted by atomic mass is 32.1. The van der Waals surface area contributed by atoms with Gasteiger partial charge in [0.25, 0.3) is 5.91 Å². The highest BCUT2D eigenvalue weighted by molar-refractivity contribution is 7.13. The minimum Gasteiger partial charge on any atom is -0.331 e. The summed E-state index contributed by atoms with van der Waals surface area (Å²) in [7, 11) is 0. The van der Waals surface area contributed by atoms with Crippen LogP contribution in [0.2, 0.25) is 0 Å². The largest absolute Gasteiger partial charge is 0.331 e. The Hall–Kier alpha value is -0.870. The lowest BCUT2D eigenvalue weighted by atomic mass is 10.1. The first-order valence-corrected chi connectivity index (χ1v) is 7.17. The zero-order valence-electron chi connectivity index (χ0n) is 10.1. The molecule has 2 unspecified atom stereocenters. The fourth-order valence-electron chi connectivity index (χ4n) is 2.99. The maximum Gasteiger partial charge on any atom is 0.264 e. The predicted molar refractivity (Wildman–Crippen MR) is 69.5 cm³/mol. The van der Waals surface area contributed by atoms with Gasteiger partial charge in [0.1, 0.15) is 0 Å². The van der Waals surface area contributed by atoms with Crippen molar-refractivity contribution in [3.8, 4) is 0 Å². The molecule has 92 valence electrons. The Morgan fingerprint density at radius 1 is 1.35 bits per heavy atom. The number of rotatable bonds is 1. The summed E-state index contributed by atoms with van der Waals surface area (Å²) in [6.07, 6.45) is 3.45. The quantitative estimate of drug-likeness (QED) is 0.827. The van der Waals surface area contributed by atoms with Crippen LogP contribution in [0.1, 0.15) is 33.8 Å². The lowest BCUT2D eigenvalue weighted by molar-refractivity contribution is 0.0685. The second-order valence-electron chi connectivity index (χ2n) is 5.00. The molecular weight excluding hydrogens is 232 g/mol. The summed E-state index contributed by atoms with van der Waals surface area (Å²) in [6, 6.07) is 4.89. The molecule has 0 aromatic carbocycles. The van der Waals surface area contributed by atoms with E-state index in [4.69, 9.17) is 0 Å². The molecule has 0 saturated carbocycles. The minimum atomic E-state index is 0.249. The van der Waals surface area contributed by atoms with Gasteiger partial charge in [-0.2, -0.15) is 0 Å². The van der Waals surface area contributed by atoms with Gasteiger partial charge >= 0.3 is 0 Å². The average molecular weight is 250 g/mol. The molecule has 1 N–H and O–H groups in total. The smallest absolute Gasteiger partial charge is 0.264 e. The molecule has 3 heterocycles. The Labute approximate surface area is 106 Å². The Morgan fingerprint density at radius 2 is 2.18 bits per heavy atom. The highest BCUT2D eigenvalue weighted by Gasteiger charge is 2.38. The lowest BCUT2D eigenvalue weighted by Gasteiger charge is -2.27. The van der Waals surface area contributed by atoms with Gasteiger partial charge in [-0.15, -0.1) is 11.3 Å². The summed E-state index contributed by atoms with van der Waals surface area (Å²) < 4.78 is 0. The van der Waals surface area contributed by atoms with Gasteiger partial charge in [0, 0.05) is 23.5 Å². The summed E-state index contributed by atoms with van der Waals surface area (Å²) in [6.45, 7) is 4.07. The van der Waals surface area contributed by atoms with Crippen LogP contribution < -0.4 is 5.32 Å². The Kier molecular flexibility index (Phi) is 2.92. The molecule has 2 bridgehead atoms. The molecule has 17 heavy (non-hydrogen) atoms. The Morgan fingerprint density at radius 3 is 2.94 bits per heavy atom. The number of amides is 1. The fourth-order valence-corrected chi connectivity index (χ4v) is 3.80. The molecule has 1 aromatic rings. The molecule has 2 aliphatic heterocycles. The molecule has 0 radical (unpaired) electrons. The van der Waals surface area contributed by atoms with Crippen LogP contribution in [-0.4, -0.2) is 36.0 Å². The van der Waals surface area contributed by atoms with Crippen molar-refractivity contribution in [1.82, 2.24) is 10.2 Å². The van der Waals surface area contributed by atoms with E-state index in [2.05, 4.69) is 17.1 Å². The van der Waals surface area contributed by atoms with E-state index < -0.39 is 0 Å². The molecule has 1 amide bonds. The van der Waals surface area contributed by atoms with E-state index in [0.29, 0.717) is 12.1 Å². The molecule has 2 saturated heterocycles. The van der Waals surface area contributed by atoms with E-state index in [-0.39, 0.29) is 5.91 Å². The van der Waals surface area contributed by atoms with E-state index in [0.717, 1.165) is 30.8 Å². The maximum atomic E-state index is 12.5. The topological polar surface area (TPSA) is 32.3 Å². The minimum absolute atomic E-state index is 0.249. The molecule has 2 aliphatic rings. The summed E-state index contributed by atoms with van der Waals surface area (Å²) >= 11 is 1.62. The highest BCUT2D eigenvalue weighted by Crippen LogP contribution is 2.30. The maximum absolute atomic E-state index is 12.5. The molecule has 4 heteroatoms. The van der Waals surface area contributed by atoms with Crippen LogP contribution in [0.5, 0.6) is 0 Å². The number of nitrogens with one attached hydrogen (secondary N) is 1. The number of carbonyl (C=O) groups excluding carboxylic acids is 1. The second-order valence-corrected chi connectivity index (χ2v) is 6.29. The lowest BCUT2D eigenvalue weighted by Crippen LogP contribution is -2.42.